The van der Waals surface area contributed by atoms with Gasteiger partial charge in [0.15, 0.2) is 5.78 Å². The number of rotatable bonds is 6. The lowest BCUT2D eigenvalue weighted by molar-refractivity contribution is -0.171. The van der Waals surface area contributed by atoms with E-state index in [9.17, 15) is 10.1 Å². The first-order chi connectivity index (χ1) is 17.0. The van der Waals surface area contributed by atoms with Crippen molar-refractivity contribution in [3.05, 3.63) is 71.0 Å². The van der Waals surface area contributed by atoms with Crippen LogP contribution in [0.25, 0.3) is 11.1 Å². The summed E-state index contributed by atoms with van der Waals surface area (Å²) in [6.45, 7) is 8.29. The Morgan fingerprint density at radius 3 is 2.50 bits per heavy atom. The molecule has 4 rings (SSSR count). The minimum Gasteiger partial charge on any atom is -0.454 e. The van der Waals surface area contributed by atoms with Gasteiger partial charge in [-0.3, -0.25) is 9.78 Å². The average molecular weight is 504 g/mol. The molecule has 0 bridgehead atoms. The van der Waals surface area contributed by atoms with E-state index in [0.717, 1.165) is 12.8 Å². The Bertz CT molecular complexity index is 1330. The zero-order valence-electron chi connectivity index (χ0n) is 21.0. The van der Waals surface area contributed by atoms with Crippen LogP contribution in [-0.2, 0) is 4.74 Å². The van der Waals surface area contributed by atoms with Gasteiger partial charge in [0.1, 0.15) is 23.1 Å². The summed E-state index contributed by atoms with van der Waals surface area (Å²) < 4.78 is 12.2. The molecular formula is C29H30ClN3O3. The molecule has 0 spiro atoms. The summed E-state index contributed by atoms with van der Waals surface area (Å²) in [5.41, 5.74) is 8.07. The van der Waals surface area contributed by atoms with Crippen molar-refractivity contribution in [3.8, 4) is 28.7 Å². The number of anilines is 1. The number of ether oxygens (including phenoxy) is 2. The quantitative estimate of drug-likeness (QED) is 0.357. The molecule has 0 amide bonds. The number of nitrogen functional groups attached to an aromatic ring is 1. The maximum absolute atomic E-state index is 13.1. The van der Waals surface area contributed by atoms with Gasteiger partial charge in [-0.1, -0.05) is 23.7 Å². The number of halogens is 1. The van der Waals surface area contributed by atoms with Gasteiger partial charge in [-0.15, -0.1) is 0 Å². The lowest BCUT2D eigenvalue weighted by Gasteiger charge is -2.45. The Morgan fingerprint density at radius 2 is 1.86 bits per heavy atom. The van der Waals surface area contributed by atoms with E-state index in [4.69, 9.17) is 26.8 Å². The van der Waals surface area contributed by atoms with E-state index in [1.165, 1.54) is 0 Å². The summed E-state index contributed by atoms with van der Waals surface area (Å²) in [5, 5.41) is 10.2. The van der Waals surface area contributed by atoms with Crippen LogP contribution in [0.3, 0.4) is 0 Å². The van der Waals surface area contributed by atoms with Crippen LogP contribution in [0, 0.1) is 17.2 Å². The van der Waals surface area contributed by atoms with Crippen LogP contribution in [0.1, 0.15) is 62.9 Å². The van der Waals surface area contributed by atoms with Crippen LogP contribution in [0.4, 0.5) is 5.69 Å². The van der Waals surface area contributed by atoms with E-state index < -0.39 is 0 Å². The number of nitriles is 1. The normalized spacial score (nSPS) is 16.8. The number of ketones is 1. The fourth-order valence-corrected chi connectivity index (χ4v) is 5.49. The van der Waals surface area contributed by atoms with E-state index in [2.05, 4.69) is 38.7 Å². The van der Waals surface area contributed by atoms with Gasteiger partial charge >= 0.3 is 0 Å². The second kappa shape index (κ2) is 9.93. The minimum atomic E-state index is -0.267. The Balaban J connectivity index is 1.54. The first kappa shape index (κ1) is 25.7. The number of hydrogen-bond acceptors (Lipinski definition) is 6. The highest BCUT2D eigenvalue weighted by atomic mass is 35.5. The predicted molar refractivity (Wildman–Crippen MR) is 141 cm³/mol. The molecule has 0 saturated carbocycles. The summed E-state index contributed by atoms with van der Waals surface area (Å²) in [6, 6.07) is 14.3. The van der Waals surface area contributed by atoms with Gasteiger partial charge < -0.3 is 15.2 Å². The van der Waals surface area contributed by atoms with Crippen molar-refractivity contribution in [1.82, 2.24) is 4.98 Å². The first-order valence-corrected chi connectivity index (χ1v) is 12.3. The summed E-state index contributed by atoms with van der Waals surface area (Å²) in [6.07, 6.45) is 5.27. The van der Waals surface area contributed by atoms with Gasteiger partial charge in [0.2, 0.25) is 0 Å². The molecule has 2 aromatic carbocycles. The number of pyridine rings is 1. The van der Waals surface area contributed by atoms with Gasteiger partial charge in [-0.25, -0.2) is 0 Å². The third kappa shape index (κ3) is 5.87. The van der Waals surface area contributed by atoms with Gasteiger partial charge in [0.05, 0.1) is 21.9 Å². The molecule has 0 aliphatic carbocycles. The Labute approximate surface area is 217 Å². The third-order valence-corrected chi connectivity index (χ3v) is 6.56. The van der Waals surface area contributed by atoms with Gasteiger partial charge in [-0.2, -0.15) is 5.26 Å². The Kier molecular flexibility index (Phi) is 7.08. The number of aromatic nitrogens is 1. The van der Waals surface area contributed by atoms with E-state index in [1.54, 1.807) is 48.8 Å². The number of nitrogens with two attached hydrogens (primary N) is 1. The molecule has 1 aromatic heterocycles. The fraction of sp³-hybridized carbons (Fsp3) is 0.345. The molecular weight excluding hydrogens is 474 g/mol. The van der Waals surface area contributed by atoms with Gasteiger partial charge in [0, 0.05) is 35.5 Å². The Morgan fingerprint density at radius 1 is 1.14 bits per heavy atom. The molecule has 0 radical (unpaired) electrons. The molecule has 1 saturated heterocycles. The first-order valence-electron chi connectivity index (χ1n) is 11.9. The number of carbonyl (C=O) groups is 1. The van der Waals surface area contributed by atoms with Crippen LogP contribution in [0.2, 0.25) is 5.02 Å². The highest BCUT2D eigenvalue weighted by Crippen LogP contribution is 2.41. The average Bonchev–Trinajstić information content (AvgIpc) is 2.78. The molecule has 0 unspecified atom stereocenters. The fourth-order valence-electron chi connectivity index (χ4n) is 5.27. The summed E-state index contributed by atoms with van der Waals surface area (Å²) >= 11 is 6.52. The molecule has 36 heavy (non-hydrogen) atoms. The van der Waals surface area contributed by atoms with Crippen LogP contribution >= 0.6 is 11.6 Å². The number of Topliss-reactive ketones (excluding diaryl/α,β-unsaturated/α-hetero) is 1. The SMILES string of the molecule is CC1(C)CC(CC(=O)c2ccc(Oc3cccc(-c4cncc(N)c4)c3C#N)c(Cl)c2)CC(C)(C)O1. The zero-order valence-corrected chi connectivity index (χ0v) is 21.7. The van der Waals surface area contributed by atoms with Crippen LogP contribution < -0.4 is 10.5 Å². The molecule has 0 atom stereocenters. The lowest BCUT2D eigenvalue weighted by Crippen LogP contribution is -2.45. The van der Waals surface area contributed by atoms with Crippen molar-refractivity contribution in [1.29, 1.82) is 5.26 Å². The minimum absolute atomic E-state index is 0.0378. The van der Waals surface area contributed by atoms with E-state index in [1.807, 2.05) is 6.07 Å². The summed E-state index contributed by atoms with van der Waals surface area (Å²) in [4.78, 5) is 17.2. The van der Waals surface area contributed by atoms with Crippen molar-refractivity contribution >= 4 is 23.1 Å². The van der Waals surface area contributed by atoms with Crippen molar-refractivity contribution in [2.24, 2.45) is 5.92 Å². The van der Waals surface area contributed by atoms with Crippen LogP contribution in [0.5, 0.6) is 11.5 Å². The Hall–Kier alpha value is -3.40. The van der Waals surface area contributed by atoms with Gasteiger partial charge in [-0.05, 0) is 76.8 Å². The molecule has 1 aliphatic heterocycles. The number of hydrogen-bond donors (Lipinski definition) is 1. The lowest BCUT2D eigenvalue weighted by atomic mass is 9.78. The number of benzene rings is 2. The van der Waals surface area contributed by atoms with E-state index >= 15 is 0 Å². The third-order valence-electron chi connectivity index (χ3n) is 6.27. The monoisotopic (exact) mass is 503 g/mol. The maximum Gasteiger partial charge on any atom is 0.163 e. The topological polar surface area (TPSA) is 98.2 Å². The van der Waals surface area contributed by atoms with Crippen molar-refractivity contribution < 1.29 is 14.3 Å². The molecule has 7 heteroatoms. The van der Waals surface area contributed by atoms with E-state index in [0.29, 0.717) is 50.9 Å². The smallest absolute Gasteiger partial charge is 0.163 e. The molecule has 186 valence electrons. The number of carbonyl (C=O) groups excluding carboxylic acids is 1. The molecule has 3 aromatic rings. The standard InChI is InChI=1S/C29H30ClN3O3/c1-28(2)13-18(14-29(3,4)36-28)10-25(34)19-8-9-27(24(30)12-19)35-26-7-5-6-22(23(26)15-31)20-11-21(32)17-33-16-20/h5-9,11-12,16-18H,10,13-14,32H2,1-4H3. The zero-order chi connectivity index (χ0) is 26.1. The van der Waals surface area contributed by atoms with Gasteiger partial charge in [0.25, 0.3) is 0 Å². The predicted octanol–water partition coefficient (Wildman–Crippen LogP) is 7.20. The summed E-state index contributed by atoms with van der Waals surface area (Å²) in [5.74, 6) is 0.982. The maximum atomic E-state index is 13.1. The highest BCUT2D eigenvalue weighted by molar-refractivity contribution is 6.32. The largest absolute Gasteiger partial charge is 0.454 e. The number of nitrogens with zero attached hydrogens (tertiary/aromatic N) is 2. The molecule has 1 aliphatic rings. The van der Waals surface area contributed by atoms with Crippen molar-refractivity contribution in [3.63, 3.8) is 0 Å². The molecule has 6 nitrogen and oxygen atoms in total. The summed E-state index contributed by atoms with van der Waals surface area (Å²) in [7, 11) is 0. The van der Waals surface area contributed by atoms with Crippen LogP contribution in [-0.4, -0.2) is 22.0 Å². The molecule has 1 fully saturated rings. The van der Waals surface area contributed by atoms with Crippen molar-refractivity contribution in [2.45, 2.75) is 58.2 Å². The van der Waals surface area contributed by atoms with Crippen LogP contribution in [0.15, 0.2) is 54.9 Å². The second-order valence-corrected chi connectivity index (χ2v) is 11.0. The molecule has 2 heterocycles. The van der Waals surface area contributed by atoms with E-state index in [-0.39, 0.29) is 22.9 Å². The second-order valence-electron chi connectivity index (χ2n) is 10.6. The highest BCUT2D eigenvalue weighted by Gasteiger charge is 2.39. The molecule has 2 N–H and O–H groups in total. The van der Waals surface area contributed by atoms with Crippen molar-refractivity contribution in [2.75, 3.05) is 5.73 Å².